The first-order chi connectivity index (χ1) is 8.84. The van der Waals surface area contributed by atoms with Gasteiger partial charge in [0.15, 0.2) is 6.29 Å². The molecule has 0 N–H and O–H groups in total. The summed E-state index contributed by atoms with van der Waals surface area (Å²) < 4.78 is 44.4. The molecule has 0 atom stereocenters. The topological polar surface area (TPSA) is 52.3 Å². The largest absolute Gasteiger partial charge is 0.432 e. The Morgan fingerprint density at radius 2 is 1.89 bits per heavy atom. The number of oxazole rings is 1. The van der Waals surface area contributed by atoms with Crippen molar-refractivity contribution in [1.29, 1.82) is 0 Å². The van der Waals surface area contributed by atoms with Gasteiger partial charge < -0.3 is 9.15 Å². The normalized spacial score (nSPS) is 9.89. The highest BCUT2D eigenvalue weighted by Crippen LogP contribution is 2.24. The number of methoxy groups -OCH3 is 1. The van der Waals surface area contributed by atoms with E-state index in [1.54, 1.807) is 7.11 Å². The molecule has 19 heavy (non-hydrogen) atoms. The molecule has 0 bridgehead atoms. The van der Waals surface area contributed by atoms with Gasteiger partial charge in [-0.15, -0.1) is 0 Å². The zero-order valence-corrected chi connectivity index (χ0v) is 11.9. The summed E-state index contributed by atoms with van der Waals surface area (Å²) >= 11 is 5.17. The van der Waals surface area contributed by atoms with E-state index in [-0.39, 0.29) is 6.29 Å². The van der Waals surface area contributed by atoms with Crippen molar-refractivity contribution in [3.8, 4) is 0 Å². The summed E-state index contributed by atoms with van der Waals surface area (Å²) in [4.78, 5) is 13.4. The maximum absolute atomic E-state index is 11.8. The molecule has 0 amide bonds. The number of carbonyl (C=O) groups excluding carboxylic acids is 1. The summed E-state index contributed by atoms with van der Waals surface area (Å²) in [6.45, 7) is 6.78. The minimum Gasteiger partial charge on any atom is -0.432 e. The van der Waals surface area contributed by atoms with Gasteiger partial charge >= 0.3 is 6.18 Å². The summed E-state index contributed by atoms with van der Waals surface area (Å²) in [6, 6.07) is 0. The summed E-state index contributed by atoms with van der Waals surface area (Å²) in [5.74, 6) is -0.562. The van der Waals surface area contributed by atoms with Crippen LogP contribution in [0, 0.1) is 0 Å². The first-order valence-corrected chi connectivity index (χ1v) is 5.87. The fourth-order valence-electron chi connectivity index (χ4n) is 0.735. The number of nitrogens with zero attached hydrogens (tertiary/aromatic N) is 1. The third-order valence-corrected chi connectivity index (χ3v) is 1.62. The number of aldehydes is 1. The standard InChI is InChI=1S/C6H3ClF3NO2.C3H8O.C2H6/c7-5-11-3(2-12)4(13-5)1-6(8,9)10;1-3-4-2;1-2/h2H,1H2;3H2,1-2H3;1-2H3. The molecule has 0 spiro atoms. The number of hydrogen-bond donors (Lipinski definition) is 0. The van der Waals surface area contributed by atoms with Crippen LogP contribution >= 0.6 is 11.6 Å². The minimum atomic E-state index is -4.44. The van der Waals surface area contributed by atoms with Crippen molar-refractivity contribution >= 4 is 17.9 Å². The van der Waals surface area contributed by atoms with E-state index < -0.39 is 29.4 Å². The van der Waals surface area contributed by atoms with Crippen LogP contribution in [0.3, 0.4) is 0 Å². The van der Waals surface area contributed by atoms with Crippen molar-refractivity contribution in [2.24, 2.45) is 0 Å². The number of alkyl halides is 3. The fourth-order valence-corrected chi connectivity index (χ4v) is 0.919. The molecule has 4 nitrogen and oxygen atoms in total. The predicted octanol–water partition coefficient (Wildman–Crippen LogP) is 3.92. The second kappa shape index (κ2) is 10.8. The first kappa shape index (κ1) is 20.2. The minimum absolute atomic E-state index is 0.163. The van der Waals surface area contributed by atoms with E-state index in [0.29, 0.717) is 0 Å². The van der Waals surface area contributed by atoms with Crippen LogP contribution in [0.1, 0.15) is 37.0 Å². The van der Waals surface area contributed by atoms with Crippen molar-refractivity contribution in [1.82, 2.24) is 4.98 Å². The SMILES string of the molecule is CC.CCOC.O=Cc1nc(Cl)oc1CC(F)(F)F. The Kier molecular flexibility index (Phi) is 11.5. The van der Waals surface area contributed by atoms with Crippen LogP contribution in [0.5, 0.6) is 0 Å². The Morgan fingerprint density at radius 3 is 2.21 bits per heavy atom. The van der Waals surface area contributed by atoms with Gasteiger partial charge in [-0.25, -0.2) is 0 Å². The second-order valence-electron chi connectivity index (χ2n) is 2.76. The van der Waals surface area contributed by atoms with Crippen LogP contribution in [0.4, 0.5) is 13.2 Å². The summed E-state index contributed by atoms with van der Waals surface area (Å²) in [5, 5.41) is -0.471. The molecule has 1 aromatic heterocycles. The highest BCUT2D eigenvalue weighted by molar-refractivity contribution is 6.27. The van der Waals surface area contributed by atoms with Crippen LogP contribution in [0.15, 0.2) is 4.42 Å². The summed E-state index contributed by atoms with van der Waals surface area (Å²) in [6.07, 6.45) is -5.63. The number of ether oxygens (including phenoxy) is 1. The van der Waals surface area contributed by atoms with E-state index in [9.17, 15) is 18.0 Å². The monoisotopic (exact) mass is 303 g/mol. The predicted molar refractivity (Wildman–Crippen MR) is 65.6 cm³/mol. The molecule has 0 fully saturated rings. The molecule has 112 valence electrons. The van der Waals surface area contributed by atoms with Crippen LogP contribution < -0.4 is 0 Å². The zero-order valence-electron chi connectivity index (χ0n) is 11.2. The number of hydrogen-bond acceptors (Lipinski definition) is 4. The molecule has 0 saturated heterocycles. The Labute approximate surface area is 114 Å². The van der Waals surface area contributed by atoms with Crippen LogP contribution in [0.2, 0.25) is 5.35 Å². The molecule has 0 aliphatic carbocycles. The van der Waals surface area contributed by atoms with Crippen LogP contribution in [0.25, 0.3) is 0 Å². The number of carbonyl (C=O) groups is 1. The molecule has 0 saturated carbocycles. The number of rotatable bonds is 3. The van der Waals surface area contributed by atoms with Gasteiger partial charge in [-0.3, -0.25) is 4.79 Å². The molecular formula is C11H17ClF3NO3. The molecule has 0 unspecified atom stereocenters. The lowest BCUT2D eigenvalue weighted by Gasteiger charge is -2.01. The van der Waals surface area contributed by atoms with Crippen molar-refractivity contribution in [3.63, 3.8) is 0 Å². The molecule has 1 rings (SSSR count). The first-order valence-electron chi connectivity index (χ1n) is 5.50. The highest BCUT2D eigenvalue weighted by atomic mass is 35.5. The van der Waals surface area contributed by atoms with Gasteiger partial charge in [0.2, 0.25) is 0 Å². The average Bonchev–Trinajstić information content (AvgIpc) is 2.70. The van der Waals surface area contributed by atoms with E-state index in [1.807, 2.05) is 20.8 Å². The van der Waals surface area contributed by atoms with E-state index in [4.69, 9.17) is 11.6 Å². The average molecular weight is 304 g/mol. The highest BCUT2D eigenvalue weighted by Gasteiger charge is 2.31. The Morgan fingerprint density at radius 1 is 1.42 bits per heavy atom. The third-order valence-electron chi connectivity index (χ3n) is 1.46. The summed E-state index contributed by atoms with van der Waals surface area (Å²) in [5.41, 5.74) is -0.415. The lowest BCUT2D eigenvalue weighted by Crippen LogP contribution is -2.12. The lowest BCUT2D eigenvalue weighted by molar-refractivity contribution is -0.130. The van der Waals surface area contributed by atoms with Gasteiger partial charge in [-0.1, -0.05) is 13.8 Å². The summed E-state index contributed by atoms with van der Waals surface area (Å²) in [7, 11) is 1.68. The van der Waals surface area contributed by atoms with E-state index in [0.717, 1.165) is 6.61 Å². The van der Waals surface area contributed by atoms with Gasteiger partial charge in [-0.2, -0.15) is 18.2 Å². The van der Waals surface area contributed by atoms with Crippen LogP contribution in [-0.4, -0.2) is 31.2 Å². The van der Waals surface area contributed by atoms with Gasteiger partial charge in [0.05, 0.1) is 0 Å². The van der Waals surface area contributed by atoms with Gasteiger partial charge in [0.1, 0.15) is 17.9 Å². The maximum Gasteiger partial charge on any atom is 0.396 e. The van der Waals surface area contributed by atoms with Gasteiger partial charge in [-0.05, 0) is 18.5 Å². The Hall–Kier alpha value is -1.08. The molecule has 1 aromatic rings. The number of halogens is 4. The Bertz CT molecular complexity index is 351. The van der Waals surface area contributed by atoms with Crippen molar-refractivity contribution in [3.05, 3.63) is 16.8 Å². The molecule has 0 aromatic carbocycles. The third kappa shape index (κ3) is 10.5. The molecule has 8 heteroatoms. The van der Waals surface area contributed by atoms with Crippen molar-refractivity contribution < 1.29 is 27.1 Å². The number of aromatic nitrogens is 1. The molecule has 1 heterocycles. The Balaban J connectivity index is 0. The molecule has 0 radical (unpaired) electrons. The van der Waals surface area contributed by atoms with E-state index in [1.165, 1.54) is 0 Å². The molecule has 0 aliphatic rings. The second-order valence-corrected chi connectivity index (χ2v) is 3.09. The maximum atomic E-state index is 11.8. The van der Waals surface area contributed by atoms with Crippen molar-refractivity contribution in [2.45, 2.75) is 33.4 Å². The van der Waals surface area contributed by atoms with E-state index >= 15 is 0 Å². The molecule has 0 aliphatic heterocycles. The fraction of sp³-hybridized carbons (Fsp3) is 0.636. The van der Waals surface area contributed by atoms with Gasteiger partial charge in [0.25, 0.3) is 5.35 Å². The zero-order chi connectivity index (χ0) is 15.5. The quantitative estimate of drug-likeness (QED) is 0.794. The lowest BCUT2D eigenvalue weighted by atomic mass is 10.3. The molecular weight excluding hydrogens is 287 g/mol. The van der Waals surface area contributed by atoms with Gasteiger partial charge in [0, 0.05) is 13.7 Å². The van der Waals surface area contributed by atoms with Crippen LogP contribution in [-0.2, 0) is 11.2 Å². The van der Waals surface area contributed by atoms with Crippen molar-refractivity contribution in [2.75, 3.05) is 13.7 Å². The smallest absolute Gasteiger partial charge is 0.396 e. The van der Waals surface area contributed by atoms with E-state index in [2.05, 4.69) is 14.1 Å².